The molecule has 0 aliphatic carbocycles. The zero-order valence-electron chi connectivity index (χ0n) is 15.4. The normalized spacial score (nSPS) is 12.7. The number of carbonyl (C=O) groups is 2. The minimum Gasteiger partial charge on any atom is -0.481 e. The zero-order chi connectivity index (χ0) is 20.2. The van der Waals surface area contributed by atoms with Gasteiger partial charge in [0, 0.05) is 22.5 Å². The molecule has 146 valence electrons. The standard InChI is InChI=1S/C22H18ClN3O3/c23-16-7-4-8-17(11-16)24-22(28)25-18-9-10-19-20(12-18)29-14-21(27)26(19)13-15-5-2-1-3-6-15/h1-12H,13-14H2,(H2,24,25,28). The van der Waals surface area contributed by atoms with Gasteiger partial charge in [-0.05, 0) is 35.9 Å². The lowest BCUT2D eigenvalue weighted by Gasteiger charge is -2.29. The summed E-state index contributed by atoms with van der Waals surface area (Å²) in [7, 11) is 0. The van der Waals surface area contributed by atoms with E-state index in [9.17, 15) is 9.59 Å². The number of fused-ring (bicyclic) bond motifs is 1. The second-order valence-electron chi connectivity index (χ2n) is 6.53. The van der Waals surface area contributed by atoms with Crippen LogP contribution in [0.3, 0.4) is 0 Å². The van der Waals surface area contributed by atoms with E-state index in [0.29, 0.717) is 34.4 Å². The van der Waals surface area contributed by atoms with Crippen LogP contribution in [0.4, 0.5) is 21.9 Å². The molecule has 4 rings (SSSR count). The van der Waals surface area contributed by atoms with Crippen molar-refractivity contribution in [2.24, 2.45) is 0 Å². The maximum atomic E-state index is 12.4. The summed E-state index contributed by atoms with van der Waals surface area (Å²) in [4.78, 5) is 26.3. The molecule has 0 aromatic heterocycles. The Morgan fingerprint density at radius 3 is 2.48 bits per heavy atom. The second-order valence-corrected chi connectivity index (χ2v) is 6.96. The summed E-state index contributed by atoms with van der Waals surface area (Å²) in [5.41, 5.74) is 2.84. The van der Waals surface area contributed by atoms with Gasteiger partial charge in [-0.3, -0.25) is 4.79 Å². The number of anilines is 3. The lowest BCUT2D eigenvalue weighted by molar-refractivity contribution is -0.121. The van der Waals surface area contributed by atoms with Crippen LogP contribution >= 0.6 is 11.6 Å². The van der Waals surface area contributed by atoms with E-state index in [4.69, 9.17) is 16.3 Å². The van der Waals surface area contributed by atoms with E-state index < -0.39 is 6.03 Å². The highest BCUT2D eigenvalue weighted by molar-refractivity contribution is 6.30. The number of ether oxygens (including phenoxy) is 1. The first-order valence-electron chi connectivity index (χ1n) is 9.03. The van der Waals surface area contributed by atoms with E-state index in [1.807, 2.05) is 30.3 Å². The Labute approximate surface area is 173 Å². The summed E-state index contributed by atoms with van der Waals surface area (Å²) in [6.45, 7) is 0.413. The molecule has 3 amide bonds. The zero-order valence-corrected chi connectivity index (χ0v) is 16.1. The Morgan fingerprint density at radius 2 is 1.72 bits per heavy atom. The van der Waals surface area contributed by atoms with Crippen LogP contribution in [0.1, 0.15) is 5.56 Å². The van der Waals surface area contributed by atoms with Crippen molar-refractivity contribution in [1.82, 2.24) is 0 Å². The molecule has 0 fully saturated rings. The Bertz CT molecular complexity index is 1060. The van der Waals surface area contributed by atoms with Gasteiger partial charge in [0.15, 0.2) is 6.61 Å². The largest absolute Gasteiger partial charge is 0.481 e. The van der Waals surface area contributed by atoms with Crippen molar-refractivity contribution >= 4 is 40.6 Å². The molecule has 0 radical (unpaired) electrons. The predicted octanol–water partition coefficient (Wildman–Crippen LogP) is 4.91. The topological polar surface area (TPSA) is 70.7 Å². The number of rotatable bonds is 4. The number of amides is 3. The first kappa shape index (κ1) is 18.8. The monoisotopic (exact) mass is 407 g/mol. The van der Waals surface area contributed by atoms with Crippen LogP contribution in [-0.4, -0.2) is 18.5 Å². The third-order valence-electron chi connectivity index (χ3n) is 4.43. The Hall–Kier alpha value is -3.51. The van der Waals surface area contributed by atoms with Gasteiger partial charge in [-0.15, -0.1) is 0 Å². The fraction of sp³-hybridized carbons (Fsp3) is 0.0909. The molecule has 3 aromatic rings. The van der Waals surface area contributed by atoms with Gasteiger partial charge in [0.1, 0.15) is 5.75 Å². The van der Waals surface area contributed by atoms with Gasteiger partial charge in [-0.1, -0.05) is 48.0 Å². The fourth-order valence-corrected chi connectivity index (χ4v) is 3.27. The second kappa shape index (κ2) is 8.24. The molecule has 2 N–H and O–H groups in total. The molecule has 0 saturated carbocycles. The summed E-state index contributed by atoms with van der Waals surface area (Å²) in [5.74, 6) is 0.432. The van der Waals surface area contributed by atoms with E-state index >= 15 is 0 Å². The molecule has 7 heteroatoms. The summed E-state index contributed by atoms with van der Waals surface area (Å²) >= 11 is 5.93. The maximum absolute atomic E-state index is 12.4. The quantitative estimate of drug-likeness (QED) is 0.645. The molecule has 1 heterocycles. The molecule has 0 atom stereocenters. The summed E-state index contributed by atoms with van der Waals surface area (Å²) in [6, 6.07) is 21.4. The summed E-state index contributed by atoms with van der Waals surface area (Å²) in [5, 5.41) is 6.01. The number of hydrogen-bond donors (Lipinski definition) is 2. The lowest BCUT2D eigenvalue weighted by Crippen LogP contribution is -2.38. The third-order valence-corrected chi connectivity index (χ3v) is 4.66. The van der Waals surface area contributed by atoms with Crippen molar-refractivity contribution in [1.29, 1.82) is 0 Å². The average molecular weight is 408 g/mol. The van der Waals surface area contributed by atoms with E-state index in [1.54, 1.807) is 47.4 Å². The molecule has 0 saturated heterocycles. The Kier molecular flexibility index (Phi) is 5.35. The Morgan fingerprint density at radius 1 is 0.966 bits per heavy atom. The highest BCUT2D eigenvalue weighted by Gasteiger charge is 2.26. The molecule has 0 bridgehead atoms. The van der Waals surface area contributed by atoms with Gasteiger partial charge in [0.05, 0.1) is 12.2 Å². The molecule has 1 aliphatic heterocycles. The molecule has 0 spiro atoms. The van der Waals surface area contributed by atoms with Gasteiger partial charge >= 0.3 is 6.03 Å². The highest BCUT2D eigenvalue weighted by Crippen LogP contribution is 2.35. The molecule has 6 nitrogen and oxygen atoms in total. The van der Waals surface area contributed by atoms with Crippen molar-refractivity contribution in [2.75, 3.05) is 22.1 Å². The number of benzene rings is 3. The third kappa shape index (κ3) is 4.50. The van der Waals surface area contributed by atoms with Crippen LogP contribution in [0.25, 0.3) is 0 Å². The maximum Gasteiger partial charge on any atom is 0.323 e. The van der Waals surface area contributed by atoms with Crippen LogP contribution in [-0.2, 0) is 11.3 Å². The minimum absolute atomic E-state index is 0.0437. The smallest absolute Gasteiger partial charge is 0.323 e. The average Bonchev–Trinajstić information content (AvgIpc) is 2.71. The number of carbonyl (C=O) groups excluding carboxylic acids is 2. The first-order valence-corrected chi connectivity index (χ1v) is 9.41. The lowest BCUT2D eigenvalue weighted by atomic mass is 10.1. The van der Waals surface area contributed by atoms with Crippen LogP contribution in [0.2, 0.25) is 5.02 Å². The van der Waals surface area contributed by atoms with Crippen LogP contribution in [0, 0.1) is 0 Å². The molecule has 1 aliphatic rings. The van der Waals surface area contributed by atoms with Crippen molar-refractivity contribution in [2.45, 2.75) is 6.54 Å². The van der Waals surface area contributed by atoms with E-state index in [2.05, 4.69) is 10.6 Å². The minimum atomic E-state index is -0.403. The fourth-order valence-electron chi connectivity index (χ4n) is 3.08. The SMILES string of the molecule is O=C(Nc1cccc(Cl)c1)Nc1ccc2c(c1)OCC(=O)N2Cc1ccccc1. The molecular weight excluding hydrogens is 390 g/mol. The molecule has 29 heavy (non-hydrogen) atoms. The molecule has 3 aromatic carbocycles. The van der Waals surface area contributed by atoms with Crippen LogP contribution < -0.4 is 20.3 Å². The highest BCUT2D eigenvalue weighted by atomic mass is 35.5. The number of urea groups is 1. The number of nitrogens with zero attached hydrogens (tertiary/aromatic N) is 1. The number of nitrogens with one attached hydrogen (secondary N) is 2. The van der Waals surface area contributed by atoms with Gasteiger partial charge in [0.25, 0.3) is 5.91 Å². The first-order chi connectivity index (χ1) is 14.1. The van der Waals surface area contributed by atoms with E-state index in [1.165, 1.54) is 0 Å². The van der Waals surface area contributed by atoms with Gasteiger partial charge in [-0.25, -0.2) is 4.79 Å². The van der Waals surface area contributed by atoms with E-state index in [-0.39, 0.29) is 12.5 Å². The van der Waals surface area contributed by atoms with Crippen molar-refractivity contribution in [3.8, 4) is 5.75 Å². The van der Waals surface area contributed by atoms with Gasteiger partial charge < -0.3 is 20.3 Å². The number of halogens is 1. The van der Waals surface area contributed by atoms with Crippen LogP contribution in [0.5, 0.6) is 5.75 Å². The Balaban J connectivity index is 1.49. The summed E-state index contributed by atoms with van der Waals surface area (Å²) < 4.78 is 5.58. The molecule has 0 unspecified atom stereocenters. The molecular formula is C22H18ClN3O3. The van der Waals surface area contributed by atoms with E-state index in [0.717, 1.165) is 5.56 Å². The van der Waals surface area contributed by atoms with Gasteiger partial charge in [-0.2, -0.15) is 0 Å². The van der Waals surface area contributed by atoms with Gasteiger partial charge in [0.2, 0.25) is 0 Å². The van der Waals surface area contributed by atoms with Crippen LogP contribution in [0.15, 0.2) is 72.8 Å². The predicted molar refractivity (Wildman–Crippen MR) is 114 cm³/mol. The summed E-state index contributed by atoms with van der Waals surface area (Å²) in [6.07, 6.45) is 0. The van der Waals surface area contributed by atoms with Crippen molar-refractivity contribution < 1.29 is 14.3 Å². The van der Waals surface area contributed by atoms with Crippen molar-refractivity contribution in [3.05, 3.63) is 83.4 Å². The number of hydrogen-bond acceptors (Lipinski definition) is 3. The van der Waals surface area contributed by atoms with Crippen molar-refractivity contribution in [3.63, 3.8) is 0 Å².